The Kier molecular flexibility index (Phi) is 3.71. The summed E-state index contributed by atoms with van der Waals surface area (Å²) in [6, 6.07) is 7.64. The summed E-state index contributed by atoms with van der Waals surface area (Å²) in [5.41, 5.74) is 0.268. The summed E-state index contributed by atoms with van der Waals surface area (Å²) in [7, 11) is 0. The molecule has 0 aliphatic rings. The van der Waals surface area contributed by atoms with Gasteiger partial charge in [-0.3, -0.25) is 0 Å². The maximum absolute atomic E-state index is 12.2. The van der Waals surface area contributed by atoms with Crippen LogP contribution in [-0.4, -0.2) is 29.1 Å². The normalized spacial score (nSPS) is 16.1. The van der Waals surface area contributed by atoms with Gasteiger partial charge in [0.2, 0.25) is 0 Å². The smallest absolute Gasteiger partial charge is 0.396 e. The van der Waals surface area contributed by atoms with Crippen molar-refractivity contribution in [3.05, 3.63) is 35.9 Å². The Morgan fingerprint density at radius 2 is 1.67 bits per heavy atom. The van der Waals surface area contributed by atoms with Gasteiger partial charge in [-0.2, -0.15) is 13.2 Å². The Morgan fingerprint density at radius 1 is 1.13 bits per heavy atom. The maximum atomic E-state index is 12.2. The Morgan fingerprint density at radius 3 is 2.07 bits per heavy atom. The maximum Gasteiger partial charge on any atom is 0.415 e. The van der Waals surface area contributed by atoms with Crippen LogP contribution in [0.25, 0.3) is 0 Å². The van der Waals surface area contributed by atoms with E-state index < -0.39 is 24.8 Å². The van der Waals surface area contributed by atoms with Gasteiger partial charge in [0.25, 0.3) is 0 Å². The first-order chi connectivity index (χ1) is 6.96. The van der Waals surface area contributed by atoms with Gasteiger partial charge in [-0.1, -0.05) is 30.3 Å². The second-order valence-electron chi connectivity index (χ2n) is 3.19. The number of aliphatic hydroxyl groups is 2. The molecule has 0 aromatic heterocycles. The molecule has 0 bridgehead atoms. The molecule has 0 radical (unpaired) electrons. The van der Waals surface area contributed by atoms with Crippen molar-refractivity contribution in [2.24, 2.45) is 0 Å². The summed E-state index contributed by atoms with van der Waals surface area (Å²) in [6.45, 7) is -0.745. The van der Waals surface area contributed by atoms with Gasteiger partial charge in [-0.25, -0.2) is 0 Å². The molecule has 84 valence electrons. The number of aliphatic hydroxyl groups excluding tert-OH is 2. The third kappa shape index (κ3) is 2.94. The van der Waals surface area contributed by atoms with Crippen molar-refractivity contribution >= 4 is 0 Å². The first-order valence-electron chi connectivity index (χ1n) is 4.37. The zero-order valence-electron chi connectivity index (χ0n) is 7.78. The third-order valence-corrected chi connectivity index (χ3v) is 2.14. The molecule has 1 aromatic rings. The summed E-state index contributed by atoms with van der Waals surface area (Å²) in [6.07, 6.45) is -7.26. The van der Waals surface area contributed by atoms with Crippen LogP contribution in [0, 0.1) is 0 Å². The van der Waals surface area contributed by atoms with E-state index in [0.29, 0.717) is 0 Å². The van der Waals surface area contributed by atoms with Crippen LogP contribution < -0.4 is 0 Å². The molecule has 0 fully saturated rings. The first kappa shape index (κ1) is 12.0. The van der Waals surface area contributed by atoms with Crippen LogP contribution in [-0.2, 0) is 0 Å². The molecule has 0 aliphatic carbocycles. The molecule has 0 heterocycles. The van der Waals surface area contributed by atoms with E-state index in [4.69, 9.17) is 10.2 Å². The van der Waals surface area contributed by atoms with Gasteiger partial charge in [-0.15, -0.1) is 0 Å². The summed E-state index contributed by atoms with van der Waals surface area (Å²) >= 11 is 0. The molecule has 1 rings (SSSR count). The van der Waals surface area contributed by atoms with Crippen LogP contribution in [0.2, 0.25) is 0 Å². The van der Waals surface area contributed by atoms with Crippen LogP contribution in [0.15, 0.2) is 30.3 Å². The average Bonchev–Trinajstić information content (AvgIpc) is 2.19. The van der Waals surface area contributed by atoms with Crippen molar-refractivity contribution in [3.8, 4) is 0 Å². The monoisotopic (exact) mass is 220 g/mol. The fourth-order valence-electron chi connectivity index (χ4n) is 1.32. The van der Waals surface area contributed by atoms with Crippen molar-refractivity contribution in [2.45, 2.75) is 18.2 Å². The van der Waals surface area contributed by atoms with E-state index in [-0.39, 0.29) is 5.56 Å². The van der Waals surface area contributed by atoms with Crippen LogP contribution in [0.5, 0.6) is 0 Å². The highest BCUT2D eigenvalue weighted by Crippen LogP contribution is 2.31. The number of alkyl halides is 3. The van der Waals surface area contributed by atoms with Crippen molar-refractivity contribution in [3.63, 3.8) is 0 Å². The minimum absolute atomic E-state index is 0.268. The molecule has 1 aromatic carbocycles. The number of hydrogen-bond donors (Lipinski definition) is 2. The molecule has 15 heavy (non-hydrogen) atoms. The zero-order chi connectivity index (χ0) is 11.5. The van der Waals surface area contributed by atoms with E-state index in [1.807, 2.05) is 0 Å². The quantitative estimate of drug-likeness (QED) is 0.813. The number of benzene rings is 1. The lowest BCUT2D eigenvalue weighted by Crippen LogP contribution is -2.36. The molecule has 0 unspecified atom stereocenters. The van der Waals surface area contributed by atoms with Crippen LogP contribution in [0.1, 0.15) is 11.5 Å². The SMILES string of the molecule is OC[C@@H](c1ccccc1)[C@H](O)C(F)(F)F. The van der Waals surface area contributed by atoms with E-state index in [0.717, 1.165) is 0 Å². The summed E-state index contributed by atoms with van der Waals surface area (Å²) in [4.78, 5) is 0. The molecular weight excluding hydrogens is 209 g/mol. The van der Waals surface area contributed by atoms with Crippen molar-refractivity contribution in [1.82, 2.24) is 0 Å². The largest absolute Gasteiger partial charge is 0.415 e. The Balaban J connectivity index is 2.90. The van der Waals surface area contributed by atoms with Crippen molar-refractivity contribution in [2.75, 3.05) is 6.61 Å². The van der Waals surface area contributed by atoms with Gasteiger partial charge in [0, 0.05) is 5.92 Å². The number of hydrogen-bond acceptors (Lipinski definition) is 2. The predicted octanol–water partition coefficient (Wildman–Crippen LogP) is 1.69. The molecule has 0 spiro atoms. The molecule has 2 atom stereocenters. The lowest BCUT2D eigenvalue weighted by Gasteiger charge is -2.23. The number of halogens is 3. The van der Waals surface area contributed by atoms with E-state index >= 15 is 0 Å². The van der Waals surface area contributed by atoms with Gasteiger partial charge in [0.15, 0.2) is 6.10 Å². The minimum Gasteiger partial charge on any atom is -0.396 e. The molecule has 0 amide bonds. The van der Waals surface area contributed by atoms with Gasteiger partial charge in [0.1, 0.15) is 0 Å². The van der Waals surface area contributed by atoms with E-state index in [2.05, 4.69) is 0 Å². The van der Waals surface area contributed by atoms with Crippen molar-refractivity contribution < 1.29 is 23.4 Å². The van der Waals surface area contributed by atoms with Crippen LogP contribution in [0.3, 0.4) is 0 Å². The highest BCUT2D eigenvalue weighted by atomic mass is 19.4. The van der Waals surface area contributed by atoms with E-state index in [1.165, 1.54) is 12.1 Å². The standard InChI is InChI=1S/C10H11F3O2/c11-10(12,13)9(15)8(6-14)7-4-2-1-3-5-7/h1-5,8-9,14-15H,6H2/t8-,9-/m0/s1. The van der Waals surface area contributed by atoms with E-state index in [9.17, 15) is 13.2 Å². The number of rotatable bonds is 3. The highest BCUT2D eigenvalue weighted by molar-refractivity contribution is 5.21. The second kappa shape index (κ2) is 4.63. The molecule has 0 saturated carbocycles. The van der Waals surface area contributed by atoms with Gasteiger partial charge in [-0.05, 0) is 5.56 Å². The Labute approximate surface area is 85.0 Å². The van der Waals surface area contributed by atoms with Crippen LogP contribution >= 0.6 is 0 Å². The lowest BCUT2D eigenvalue weighted by atomic mass is 9.94. The van der Waals surface area contributed by atoms with Gasteiger partial charge < -0.3 is 10.2 Å². The average molecular weight is 220 g/mol. The molecule has 2 nitrogen and oxygen atoms in total. The van der Waals surface area contributed by atoms with Gasteiger partial charge in [0.05, 0.1) is 6.61 Å². The minimum atomic E-state index is -4.72. The fourth-order valence-corrected chi connectivity index (χ4v) is 1.32. The topological polar surface area (TPSA) is 40.5 Å². The zero-order valence-corrected chi connectivity index (χ0v) is 7.78. The van der Waals surface area contributed by atoms with Crippen LogP contribution in [0.4, 0.5) is 13.2 Å². The molecule has 0 aliphatic heterocycles. The first-order valence-corrected chi connectivity index (χ1v) is 4.37. The summed E-state index contributed by atoms with van der Waals surface area (Å²) in [5.74, 6) is -1.33. The molecule has 0 saturated heterocycles. The fraction of sp³-hybridized carbons (Fsp3) is 0.400. The molecular formula is C10H11F3O2. The summed E-state index contributed by atoms with van der Waals surface area (Å²) < 4.78 is 36.6. The Hall–Kier alpha value is -1.07. The third-order valence-electron chi connectivity index (χ3n) is 2.14. The lowest BCUT2D eigenvalue weighted by molar-refractivity contribution is -0.213. The predicted molar refractivity (Wildman–Crippen MR) is 48.3 cm³/mol. The van der Waals surface area contributed by atoms with E-state index in [1.54, 1.807) is 18.2 Å². The highest BCUT2D eigenvalue weighted by Gasteiger charge is 2.43. The van der Waals surface area contributed by atoms with Crippen molar-refractivity contribution in [1.29, 1.82) is 0 Å². The Bertz CT molecular complexity index is 297. The summed E-state index contributed by atoms with van der Waals surface area (Å²) in [5, 5.41) is 17.9. The molecule has 5 heteroatoms. The second-order valence-corrected chi connectivity index (χ2v) is 3.19. The van der Waals surface area contributed by atoms with Gasteiger partial charge >= 0.3 is 6.18 Å². The molecule has 2 N–H and O–H groups in total.